The molecule has 0 aromatic carbocycles. The van der Waals surface area contributed by atoms with Crippen molar-refractivity contribution in [3.8, 4) is 0 Å². The molecule has 0 saturated carbocycles. The minimum Gasteiger partial charge on any atom is -0.269 e. The summed E-state index contributed by atoms with van der Waals surface area (Å²) in [5.74, 6) is 0. The number of hydrogen-bond donors (Lipinski definition) is 0. The van der Waals surface area contributed by atoms with Crippen molar-refractivity contribution < 1.29 is 0 Å². The first-order valence-corrected chi connectivity index (χ1v) is 5.70. The number of nitrogens with zero attached hydrogens (tertiary/aromatic N) is 4. The van der Waals surface area contributed by atoms with E-state index < -0.39 is 0 Å². The van der Waals surface area contributed by atoms with Crippen LogP contribution < -0.4 is 0 Å². The average Bonchev–Trinajstić information content (AvgIpc) is 2.77. The predicted molar refractivity (Wildman–Crippen MR) is 63.7 cm³/mol. The fourth-order valence-electron chi connectivity index (χ4n) is 1.70. The van der Waals surface area contributed by atoms with Gasteiger partial charge in [0.2, 0.25) is 0 Å². The van der Waals surface area contributed by atoms with Crippen LogP contribution in [0, 0.1) is 6.92 Å². The molecule has 0 aliphatic carbocycles. The van der Waals surface area contributed by atoms with Gasteiger partial charge in [-0.1, -0.05) is 18.5 Å². The summed E-state index contributed by atoms with van der Waals surface area (Å²) in [7, 11) is 1.91. The zero-order valence-corrected chi connectivity index (χ0v) is 10.5. The molecular weight excluding hydrogens is 224 g/mol. The molecule has 0 bridgehead atoms. The van der Waals surface area contributed by atoms with Gasteiger partial charge in [0.1, 0.15) is 0 Å². The second-order valence-corrected chi connectivity index (χ2v) is 4.22. The number of halogens is 1. The summed E-state index contributed by atoms with van der Waals surface area (Å²) in [5, 5.41) is 9.48. The van der Waals surface area contributed by atoms with Crippen molar-refractivity contribution in [2.24, 2.45) is 7.05 Å². The molecule has 5 heteroatoms. The fourth-order valence-corrected chi connectivity index (χ4v) is 2.05. The Kier molecular flexibility index (Phi) is 3.01. The zero-order chi connectivity index (χ0) is 11.7. The summed E-state index contributed by atoms with van der Waals surface area (Å²) in [4.78, 5) is 0. The molecule has 2 aromatic rings. The van der Waals surface area contributed by atoms with Crippen LogP contribution in [0.2, 0.25) is 5.02 Å². The Morgan fingerprint density at radius 3 is 2.62 bits per heavy atom. The summed E-state index contributed by atoms with van der Waals surface area (Å²) >= 11 is 6.26. The van der Waals surface area contributed by atoms with Crippen LogP contribution in [-0.4, -0.2) is 19.6 Å². The molecule has 0 atom stereocenters. The lowest BCUT2D eigenvalue weighted by Gasteiger charge is -2.02. The van der Waals surface area contributed by atoms with Crippen LogP contribution in [-0.2, 0) is 20.0 Å². The van der Waals surface area contributed by atoms with Gasteiger partial charge in [0, 0.05) is 13.2 Å². The summed E-state index contributed by atoms with van der Waals surface area (Å²) in [6, 6.07) is 1.98. The Bertz CT molecular complexity index is 498. The highest BCUT2D eigenvalue weighted by Gasteiger charge is 2.13. The monoisotopic (exact) mass is 238 g/mol. The van der Waals surface area contributed by atoms with E-state index in [0.717, 1.165) is 28.5 Å². The highest BCUT2D eigenvalue weighted by Crippen LogP contribution is 2.21. The third kappa shape index (κ3) is 1.97. The molecule has 4 nitrogen and oxygen atoms in total. The van der Waals surface area contributed by atoms with Crippen LogP contribution in [0.3, 0.4) is 0 Å². The van der Waals surface area contributed by atoms with E-state index in [9.17, 15) is 0 Å². The normalized spacial score (nSPS) is 11.0. The maximum Gasteiger partial charge on any atom is 0.0869 e. The van der Waals surface area contributed by atoms with Crippen molar-refractivity contribution in [2.75, 3.05) is 0 Å². The van der Waals surface area contributed by atoms with Gasteiger partial charge in [-0.2, -0.15) is 10.2 Å². The van der Waals surface area contributed by atoms with Crippen molar-refractivity contribution in [1.82, 2.24) is 19.6 Å². The lowest BCUT2D eigenvalue weighted by Crippen LogP contribution is -2.06. The minimum atomic E-state index is 0.663. The molecule has 0 N–H and O–H groups in total. The van der Waals surface area contributed by atoms with Crippen molar-refractivity contribution in [1.29, 1.82) is 0 Å². The topological polar surface area (TPSA) is 35.6 Å². The third-order valence-electron chi connectivity index (χ3n) is 2.59. The van der Waals surface area contributed by atoms with Crippen LogP contribution in [0.5, 0.6) is 0 Å². The molecule has 2 heterocycles. The van der Waals surface area contributed by atoms with Gasteiger partial charge in [-0.05, 0) is 19.4 Å². The largest absolute Gasteiger partial charge is 0.269 e. The van der Waals surface area contributed by atoms with Crippen molar-refractivity contribution >= 4 is 11.6 Å². The molecule has 0 saturated heterocycles. The van der Waals surface area contributed by atoms with Gasteiger partial charge in [0.25, 0.3) is 0 Å². The first-order valence-electron chi connectivity index (χ1n) is 5.32. The quantitative estimate of drug-likeness (QED) is 0.822. The Morgan fingerprint density at radius 1 is 1.38 bits per heavy atom. The Balaban J connectivity index is 2.30. The maximum absolute atomic E-state index is 6.26. The maximum atomic E-state index is 6.26. The summed E-state index contributed by atoms with van der Waals surface area (Å²) in [5.41, 5.74) is 2.96. The van der Waals surface area contributed by atoms with Crippen LogP contribution in [0.4, 0.5) is 0 Å². The van der Waals surface area contributed by atoms with Crippen LogP contribution >= 0.6 is 11.6 Å². The van der Waals surface area contributed by atoms with E-state index >= 15 is 0 Å². The standard InChI is InChI=1S/C11H15ClN4/c1-4-9-11(12)10(15(3)14-9)7-16-6-5-8(2)13-16/h5-6H,4,7H2,1-3H3. The van der Waals surface area contributed by atoms with E-state index in [-0.39, 0.29) is 0 Å². The summed E-state index contributed by atoms with van der Waals surface area (Å²) < 4.78 is 3.70. The van der Waals surface area contributed by atoms with E-state index in [1.165, 1.54) is 0 Å². The molecule has 2 aromatic heterocycles. The molecular formula is C11H15ClN4. The third-order valence-corrected chi connectivity index (χ3v) is 3.03. The van der Waals surface area contributed by atoms with E-state index in [0.29, 0.717) is 6.54 Å². The van der Waals surface area contributed by atoms with Crippen LogP contribution in [0.1, 0.15) is 24.0 Å². The SMILES string of the molecule is CCc1nn(C)c(Cn2ccc(C)n2)c1Cl. The Morgan fingerprint density at radius 2 is 2.12 bits per heavy atom. The van der Waals surface area contributed by atoms with E-state index in [4.69, 9.17) is 11.6 Å². The zero-order valence-electron chi connectivity index (χ0n) is 9.74. The van der Waals surface area contributed by atoms with E-state index in [1.807, 2.05) is 35.6 Å². The second kappa shape index (κ2) is 4.29. The highest BCUT2D eigenvalue weighted by molar-refractivity contribution is 6.31. The molecule has 0 spiro atoms. The van der Waals surface area contributed by atoms with Gasteiger partial charge in [-0.15, -0.1) is 0 Å². The van der Waals surface area contributed by atoms with Gasteiger partial charge < -0.3 is 0 Å². The minimum absolute atomic E-state index is 0.663. The van der Waals surface area contributed by atoms with Gasteiger partial charge >= 0.3 is 0 Å². The number of aryl methyl sites for hydroxylation is 3. The summed E-state index contributed by atoms with van der Waals surface area (Å²) in [6.45, 7) is 4.69. The smallest absolute Gasteiger partial charge is 0.0869 e. The molecule has 0 aliphatic heterocycles. The molecule has 0 radical (unpaired) electrons. The summed E-state index contributed by atoms with van der Waals surface area (Å²) in [6.07, 6.45) is 2.80. The predicted octanol–water partition coefficient (Wildman–Crippen LogP) is 2.19. The lowest BCUT2D eigenvalue weighted by atomic mass is 10.3. The van der Waals surface area contributed by atoms with Gasteiger partial charge in [-0.25, -0.2) is 0 Å². The van der Waals surface area contributed by atoms with Gasteiger partial charge in [0.05, 0.1) is 28.6 Å². The Hall–Kier alpha value is -1.29. The molecule has 2 rings (SSSR count). The van der Waals surface area contributed by atoms with Crippen LogP contribution in [0.15, 0.2) is 12.3 Å². The molecule has 0 amide bonds. The van der Waals surface area contributed by atoms with E-state index in [2.05, 4.69) is 17.1 Å². The lowest BCUT2D eigenvalue weighted by molar-refractivity contribution is 0.614. The second-order valence-electron chi connectivity index (χ2n) is 3.84. The Labute approximate surface area is 99.8 Å². The molecule has 0 unspecified atom stereocenters. The van der Waals surface area contributed by atoms with Crippen molar-refractivity contribution in [3.05, 3.63) is 34.4 Å². The van der Waals surface area contributed by atoms with Gasteiger partial charge in [0.15, 0.2) is 0 Å². The van der Waals surface area contributed by atoms with Crippen molar-refractivity contribution in [2.45, 2.75) is 26.8 Å². The van der Waals surface area contributed by atoms with Gasteiger partial charge in [-0.3, -0.25) is 9.36 Å². The highest BCUT2D eigenvalue weighted by atomic mass is 35.5. The molecule has 86 valence electrons. The van der Waals surface area contributed by atoms with Crippen molar-refractivity contribution in [3.63, 3.8) is 0 Å². The average molecular weight is 239 g/mol. The number of rotatable bonds is 3. The fraction of sp³-hybridized carbons (Fsp3) is 0.455. The first kappa shape index (κ1) is 11.2. The van der Waals surface area contributed by atoms with E-state index in [1.54, 1.807) is 0 Å². The molecule has 0 fully saturated rings. The van der Waals surface area contributed by atoms with Crippen LogP contribution in [0.25, 0.3) is 0 Å². The first-order chi connectivity index (χ1) is 7.61. The number of hydrogen-bond acceptors (Lipinski definition) is 2. The number of aromatic nitrogens is 4. The molecule has 0 aliphatic rings. The molecule has 16 heavy (non-hydrogen) atoms.